The number of esters is 1. The molecular weight excluding hydrogens is 384 g/mol. The quantitative estimate of drug-likeness (QED) is 0.466. The van der Waals surface area contributed by atoms with Crippen LogP contribution in [0.4, 0.5) is 5.69 Å². The number of carbonyl (C=O) groups is 3. The largest absolute Gasteiger partial charge is 0.464 e. The van der Waals surface area contributed by atoms with Gasteiger partial charge in [-0.3, -0.25) is 9.59 Å². The predicted molar refractivity (Wildman–Crippen MR) is 114 cm³/mol. The van der Waals surface area contributed by atoms with E-state index in [1.165, 1.54) is 4.90 Å². The average molecular weight is 417 g/mol. The van der Waals surface area contributed by atoms with E-state index in [-0.39, 0.29) is 18.4 Å². The summed E-state index contributed by atoms with van der Waals surface area (Å²) in [6.07, 6.45) is 2.18. The molecule has 164 valence electrons. The third-order valence-corrected chi connectivity index (χ3v) is 5.56. The second kappa shape index (κ2) is 10.4. The Morgan fingerprint density at radius 2 is 2.00 bits per heavy atom. The van der Waals surface area contributed by atoms with Gasteiger partial charge in [0.15, 0.2) is 0 Å². The number of rotatable bonds is 9. The first-order valence-electron chi connectivity index (χ1n) is 10.9. The molecule has 1 fully saturated rings. The molecule has 2 aliphatic rings. The van der Waals surface area contributed by atoms with Gasteiger partial charge in [-0.05, 0) is 30.5 Å². The molecule has 0 bridgehead atoms. The van der Waals surface area contributed by atoms with Crippen LogP contribution in [-0.4, -0.2) is 68.1 Å². The first kappa shape index (κ1) is 22.1. The standard InChI is InChI=1S/C22H32N4O4/c1-3-5-12-30-22(29)19(4-2)24-20(27)15-26-14-16-6-7-17(13-18(16)21(26)28)25-10-8-23-9-11-25/h6-7,13,19,23H,3-5,8-12,14-15H2,1-2H3,(H,24,27). The Labute approximate surface area is 177 Å². The summed E-state index contributed by atoms with van der Waals surface area (Å²) in [5.74, 6) is -0.913. The topological polar surface area (TPSA) is 91.0 Å². The van der Waals surface area contributed by atoms with Gasteiger partial charge >= 0.3 is 5.97 Å². The van der Waals surface area contributed by atoms with E-state index in [0.29, 0.717) is 25.1 Å². The monoisotopic (exact) mass is 416 g/mol. The summed E-state index contributed by atoms with van der Waals surface area (Å²) in [4.78, 5) is 41.2. The number of fused-ring (bicyclic) bond motifs is 1. The predicted octanol–water partition coefficient (Wildman–Crippen LogP) is 1.29. The summed E-state index contributed by atoms with van der Waals surface area (Å²) >= 11 is 0. The van der Waals surface area contributed by atoms with Crippen molar-refractivity contribution in [3.8, 4) is 0 Å². The SMILES string of the molecule is CCCCOC(=O)C(CC)NC(=O)CN1Cc2ccc(N3CCNCC3)cc2C1=O. The maximum atomic E-state index is 12.9. The van der Waals surface area contributed by atoms with Gasteiger partial charge in [-0.15, -0.1) is 0 Å². The molecule has 0 saturated carbocycles. The summed E-state index contributed by atoms with van der Waals surface area (Å²) in [5, 5.41) is 6.03. The molecule has 2 aliphatic heterocycles. The van der Waals surface area contributed by atoms with Gasteiger partial charge in [0.2, 0.25) is 5.91 Å². The van der Waals surface area contributed by atoms with Crippen molar-refractivity contribution < 1.29 is 19.1 Å². The second-order valence-corrected chi connectivity index (χ2v) is 7.79. The number of anilines is 1. The van der Waals surface area contributed by atoms with Crippen LogP contribution in [-0.2, 0) is 20.9 Å². The number of benzene rings is 1. The van der Waals surface area contributed by atoms with Gasteiger partial charge in [0.1, 0.15) is 12.6 Å². The van der Waals surface area contributed by atoms with Crippen LogP contribution in [0.3, 0.4) is 0 Å². The molecule has 1 saturated heterocycles. The van der Waals surface area contributed by atoms with E-state index in [1.54, 1.807) is 0 Å². The van der Waals surface area contributed by atoms with Gasteiger partial charge < -0.3 is 25.2 Å². The van der Waals surface area contributed by atoms with Crippen LogP contribution in [0.2, 0.25) is 0 Å². The zero-order chi connectivity index (χ0) is 21.5. The van der Waals surface area contributed by atoms with E-state index in [4.69, 9.17) is 4.74 Å². The summed E-state index contributed by atoms with van der Waals surface area (Å²) in [6, 6.07) is 5.26. The molecule has 1 unspecified atom stereocenters. The number of piperazine rings is 1. The van der Waals surface area contributed by atoms with Gasteiger partial charge in [-0.25, -0.2) is 4.79 Å². The fourth-order valence-electron chi connectivity index (χ4n) is 3.76. The Hall–Kier alpha value is -2.61. The van der Waals surface area contributed by atoms with Crippen LogP contribution >= 0.6 is 0 Å². The highest BCUT2D eigenvalue weighted by Crippen LogP contribution is 2.27. The third-order valence-electron chi connectivity index (χ3n) is 5.56. The number of carbonyl (C=O) groups excluding carboxylic acids is 3. The van der Waals surface area contributed by atoms with Gasteiger partial charge in [0, 0.05) is 44.0 Å². The smallest absolute Gasteiger partial charge is 0.328 e. The number of hydrogen-bond acceptors (Lipinski definition) is 6. The van der Waals surface area contributed by atoms with Crippen LogP contribution in [0.1, 0.15) is 49.0 Å². The molecule has 1 aromatic carbocycles. The maximum absolute atomic E-state index is 12.9. The van der Waals surface area contributed by atoms with Crippen LogP contribution in [0, 0.1) is 0 Å². The van der Waals surface area contributed by atoms with E-state index in [0.717, 1.165) is 50.3 Å². The average Bonchev–Trinajstić information content (AvgIpc) is 3.07. The summed E-state index contributed by atoms with van der Waals surface area (Å²) in [6.45, 7) is 8.20. The highest BCUT2D eigenvalue weighted by molar-refractivity contribution is 6.01. The molecule has 8 heteroatoms. The first-order valence-corrected chi connectivity index (χ1v) is 10.9. The van der Waals surface area contributed by atoms with Crippen molar-refractivity contribution in [3.63, 3.8) is 0 Å². The van der Waals surface area contributed by atoms with Crippen LogP contribution < -0.4 is 15.5 Å². The van der Waals surface area contributed by atoms with Crippen molar-refractivity contribution in [3.05, 3.63) is 29.3 Å². The number of hydrogen-bond donors (Lipinski definition) is 2. The molecule has 0 radical (unpaired) electrons. The molecule has 0 spiro atoms. The number of amides is 2. The summed E-state index contributed by atoms with van der Waals surface area (Å²) in [7, 11) is 0. The molecule has 30 heavy (non-hydrogen) atoms. The maximum Gasteiger partial charge on any atom is 0.328 e. The van der Waals surface area contributed by atoms with E-state index < -0.39 is 12.0 Å². The fourth-order valence-corrected chi connectivity index (χ4v) is 3.76. The molecule has 1 aromatic rings. The lowest BCUT2D eigenvalue weighted by atomic mass is 10.1. The Morgan fingerprint density at radius 1 is 1.23 bits per heavy atom. The van der Waals surface area contributed by atoms with Crippen molar-refractivity contribution in [2.75, 3.05) is 44.2 Å². The van der Waals surface area contributed by atoms with Crippen molar-refractivity contribution in [2.45, 2.75) is 45.7 Å². The lowest BCUT2D eigenvalue weighted by molar-refractivity contribution is -0.148. The minimum Gasteiger partial charge on any atom is -0.464 e. The van der Waals surface area contributed by atoms with E-state index in [9.17, 15) is 14.4 Å². The minimum absolute atomic E-state index is 0.0742. The molecule has 0 aromatic heterocycles. The molecule has 8 nitrogen and oxygen atoms in total. The summed E-state index contributed by atoms with van der Waals surface area (Å²) in [5.41, 5.74) is 2.62. The zero-order valence-electron chi connectivity index (χ0n) is 17.9. The normalized spacial score (nSPS) is 16.9. The van der Waals surface area contributed by atoms with E-state index in [2.05, 4.69) is 15.5 Å². The van der Waals surface area contributed by atoms with Crippen molar-refractivity contribution in [2.24, 2.45) is 0 Å². The second-order valence-electron chi connectivity index (χ2n) is 7.79. The van der Waals surface area contributed by atoms with Crippen molar-refractivity contribution >= 4 is 23.5 Å². The molecule has 2 N–H and O–H groups in total. The Bertz CT molecular complexity index is 776. The highest BCUT2D eigenvalue weighted by atomic mass is 16.5. The van der Waals surface area contributed by atoms with Crippen molar-refractivity contribution in [1.82, 2.24) is 15.5 Å². The number of ether oxygens (including phenoxy) is 1. The van der Waals surface area contributed by atoms with E-state index in [1.807, 2.05) is 32.0 Å². The van der Waals surface area contributed by atoms with Gasteiger partial charge in [0.05, 0.1) is 6.61 Å². The van der Waals surface area contributed by atoms with Gasteiger partial charge in [-0.1, -0.05) is 26.3 Å². The first-order chi connectivity index (χ1) is 14.5. The van der Waals surface area contributed by atoms with Crippen LogP contribution in [0.15, 0.2) is 18.2 Å². The van der Waals surface area contributed by atoms with Crippen LogP contribution in [0.5, 0.6) is 0 Å². The molecular formula is C22H32N4O4. The lowest BCUT2D eigenvalue weighted by Gasteiger charge is -2.29. The number of unbranched alkanes of at least 4 members (excludes halogenated alkanes) is 1. The molecule has 3 rings (SSSR count). The fraction of sp³-hybridized carbons (Fsp3) is 0.591. The highest BCUT2D eigenvalue weighted by Gasteiger charge is 2.30. The third kappa shape index (κ3) is 5.30. The zero-order valence-corrected chi connectivity index (χ0v) is 17.9. The van der Waals surface area contributed by atoms with Crippen LogP contribution in [0.25, 0.3) is 0 Å². The molecule has 2 amide bonds. The molecule has 2 heterocycles. The molecule has 0 aliphatic carbocycles. The van der Waals surface area contributed by atoms with Gasteiger partial charge in [0.25, 0.3) is 5.91 Å². The minimum atomic E-state index is -0.686. The Kier molecular flexibility index (Phi) is 7.68. The molecule has 1 atom stereocenters. The Morgan fingerprint density at radius 3 is 2.70 bits per heavy atom. The van der Waals surface area contributed by atoms with Gasteiger partial charge in [-0.2, -0.15) is 0 Å². The number of nitrogens with zero attached hydrogens (tertiary/aromatic N) is 2. The Balaban J connectivity index is 1.56. The summed E-state index contributed by atoms with van der Waals surface area (Å²) < 4.78 is 5.21. The van der Waals surface area contributed by atoms with E-state index >= 15 is 0 Å². The number of nitrogens with one attached hydrogen (secondary N) is 2. The lowest BCUT2D eigenvalue weighted by Crippen LogP contribution is -2.46. The van der Waals surface area contributed by atoms with Crippen molar-refractivity contribution in [1.29, 1.82) is 0 Å².